The molecule has 1 aliphatic rings. The highest BCUT2D eigenvalue weighted by molar-refractivity contribution is 6.01. The van der Waals surface area contributed by atoms with Gasteiger partial charge < -0.3 is 5.11 Å². The number of rotatable bonds is 0. The van der Waals surface area contributed by atoms with Gasteiger partial charge in [-0.2, -0.15) is 0 Å². The zero-order valence-electron chi connectivity index (χ0n) is 9.80. The second kappa shape index (κ2) is 3.44. The third-order valence-electron chi connectivity index (χ3n) is 3.78. The topological polar surface area (TPSA) is 20.2 Å². The van der Waals surface area contributed by atoms with E-state index in [0.717, 1.165) is 16.7 Å². The summed E-state index contributed by atoms with van der Waals surface area (Å²) in [6, 6.07) is 20.6. The van der Waals surface area contributed by atoms with Gasteiger partial charge in [0.1, 0.15) is 6.10 Å². The lowest BCUT2D eigenvalue weighted by Crippen LogP contribution is -1.92. The molecule has 0 aliphatic heterocycles. The number of hydrogen-bond acceptors (Lipinski definition) is 1. The molecular weight excluding hydrogens is 220 g/mol. The number of hydrogen-bond donors (Lipinski definition) is 1. The number of aliphatic hydroxyl groups is 1. The summed E-state index contributed by atoms with van der Waals surface area (Å²) in [6.45, 7) is 0. The third kappa shape index (κ3) is 1.14. The van der Waals surface area contributed by atoms with Gasteiger partial charge in [0, 0.05) is 0 Å². The molecule has 0 fully saturated rings. The van der Waals surface area contributed by atoms with Crippen LogP contribution in [0.15, 0.2) is 60.7 Å². The van der Waals surface area contributed by atoms with Crippen LogP contribution in [0.5, 0.6) is 0 Å². The van der Waals surface area contributed by atoms with Gasteiger partial charge in [-0.15, -0.1) is 0 Å². The summed E-state index contributed by atoms with van der Waals surface area (Å²) in [5.41, 5.74) is 4.40. The highest BCUT2D eigenvalue weighted by Crippen LogP contribution is 2.46. The van der Waals surface area contributed by atoms with Crippen LogP contribution in [0, 0.1) is 0 Å². The standard InChI is InChI=1S/C17H12O/c18-17-14-8-4-3-7-13(14)16-12-6-2-1-5-11(12)9-10-15(16)17/h1-10,17-18H. The second-order valence-corrected chi connectivity index (χ2v) is 4.74. The minimum atomic E-state index is -0.485. The van der Waals surface area contributed by atoms with Gasteiger partial charge in [-0.3, -0.25) is 0 Å². The molecule has 1 heteroatoms. The highest BCUT2D eigenvalue weighted by Gasteiger charge is 2.27. The summed E-state index contributed by atoms with van der Waals surface area (Å²) in [4.78, 5) is 0. The van der Waals surface area contributed by atoms with Gasteiger partial charge in [0.05, 0.1) is 0 Å². The first kappa shape index (κ1) is 9.86. The summed E-state index contributed by atoms with van der Waals surface area (Å²) in [6.07, 6.45) is -0.485. The van der Waals surface area contributed by atoms with E-state index in [1.807, 2.05) is 30.3 Å². The molecule has 1 aliphatic carbocycles. The summed E-state index contributed by atoms with van der Waals surface area (Å²) < 4.78 is 0. The fourth-order valence-corrected chi connectivity index (χ4v) is 2.95. The van der Waals surface area contributed by atoms with E-state index in [1.165, 1.54) is 16.3 Å². The minimum Gasteiger partial charge on any atom is -0.384 e. The maximum Gasteiger partial charge on any atom is 0.105 e. The molecule has 0 spiro atoms. The van der Waals surface area contributed by atoms with Crippen LogP contribution in [0.3, 0.4) is 0 Å². The summed E-state index contributed by atoms with van der Waals surface area (Å²) >= 11 is 0. The largest absolute Gasteiger partial charge is 0.384 e. The Morgan fingerprint density at radius 2 is 1.50 bits per heavy atom. The summed E-state index contributed by atoms with van der Waals surface area (Å²) in [5.74, 6) is 0. The van der Waals surface area contributed by atoms with E-state index < -0.39 is 6.10 Å². The van der Waals surface area contributed by atoms with Gasteiger partial charge in [-0.05, 0) is 33.0 Å². The fraction of sp³-hybridized carbons (Fsp3) is 0.0588. The molecule has 0 saturated heterocycles. The van der Waals surface area contributed by atoms with Crippen LogP contribution in [-0.4, -0.2) is 5.11 Å². The van der Waals surface area contributed by atoms with E-state index in [1.54, 1.807) is 0 Å². The average Bonchev–Trinajstić information content (AvgIpc) is 2.73. The Balaban J connectivity index is 2.19. The SMILES string of the molecule is OC1c2ccccc2-c2c1ccc1ccccc21. The third-order valence-corrected chi connectivity index (χ3v) is 3.78. The molecule has 3 aromatic carbocycles. The Morgan fingerprint density at radius 1 is 0.722 bits per heavy atom. The molecule has 1 nitrogen and oxygen atoms in total. The van der Waals surface area contributed by atoms with Gasteiger partial charge in [0.25, 0.3) is 0 Å². The molecule has 86 valence electrons. The van der Waals surface area contributed by atoms with Crippen molar-refractivity contribution in [3.63, 3.8) is 0 Å². The number of fused-ring (bicyclic) bond motifs is 5. The Bertz CT molecular complexity index is 758. The van der Waals surface area contributed by atoms with Gasteiger partial charge in [0.2, 0.25) is 0 Å². The van der Waals surface area contributed by atoms with E-state index in [-0.39, 0.29) is 0 Å². The van der Waals surface area contributed by atoms with Crippen LogP contribution >= 0.6 is 0 Å². The molecule has 1 unspecified atom stereocenters. The Hall–Kier alpha value is -2.12. The molecule has 0 heterocycles. The van der Waals surface area contributed by atoms with E-state index in [4.69, 9.17) is 0 Å². The molecule has 0 bridgehead atoms. The van der Waals surface area contributed by atoms with Crippen molar-refractivity contribution in [3.8, 4) is 11.1 Å². The number of aliphatic hydroxyl groups excluding tert-OH is 1. The quantitative estimate of drug-likeness (QED) is 0.623. The predicted octanol–water partition coefficient (Wildman–Crippen LogP) is 3.90. The molecule has 0 radical (unpaired) electrons. The van der Waals surface area contributed by atoms with Gasteiger partial charge in [-0.25, -0.2) is 0 Å². The van der Waals surface area contributed by atoms with E-state index in [9.17, 15) is 5.11 Å². The molecule has 1 atom stereocenters. The first-order chi connectivity index (χ1) is 8.86. The monoisotopic (exact) mass is 232 g/mol. The molecule has 18 heavy (non-hydrogen) atoms. The van der Waals surface area contributed by atoms with Crippen molar-refractivity contribution in [2.24, 2.45) is 0 Å². The lowest BCUT2D eigenvalue weighted by Gasteiger charge is -2.07. The van der Waals surface area contributed by atoms with Crippen LogP contribution in [0.1, 0.15) is 17.2 Å². The van der Waals surface area contributed by atoms with Gasteiger partial charge in [-0.1, -0.05) is 60.7 Å². The fourth-order valence-electron chi connectivity index (χ4n) is 2.95. The molecule has 1 N–H and O–H groups in total. The smallest absolute Gasteiger partial charge is 0.105 e. The van der Waals surface area contributed by atoms with Gasteiger partial charge in [0.15, 0.2) is 0 Å². The van der Waals surface area contributed by atoms with Crippen molar-refractivity contribution < 1.29 is 5.11 Å². The Labute approximate surface area is 105 Å². The van der Waals surface area contributed by atoms with Crippen molar-refractivity contribution in [3.05, 3.63) is 71.8 Å². The van der Waals surface area contributed by atoms with Crippen molar-refractivity contribution in [2.75, 3.05) is 0 Å². The van der Waals surface area contributed by atoms with Crippen molar-refractivity contribution in [1.29, 1.82) is 0 Å². The van der Waals surface area contributed by atoms with Crippen LogP contribution in [-0.2, 0) is 0 Å². The zero-order chi connectivity index (χ0) is 12.1. The maximum absolute atomic E-state index is 10.4. The second-order valence-electron chi connectivity index (χ2n) is 4.74. The van der Waals surface area contributed by atoms with Crippen LogP contribution in [0.25, 0.3) is 21.9 Å². The summed E-state index contributed by atoms with van der Waals surface area (Å²) in [7, 11) is 0. The summed E-state index contributed by atoms with van der Waals surface area (Å²) in [5, 5.41) is 12.8. The van der Waals surface area contributed by atoms with Crippen molar-refractivity contribution in [1.82, 2.24) is 0 Å². The van der Waals surface area contributed by atoms with Crippen LogP contribution in [0.4, 0.5) is 0 Å². The predicted molar refractivity (Wildman–Crippen MR) is 73.4 cm³/mol. The van der Waals surface area contributed by atoms with Crippen LogP contribution in [0.2, 0.25) is 0 Å². The normalized spacial score (nSPS) is 16.6. The molecule has 0 aromatic heterocycles. The Kier molecular flexibility index (Phi) is 1.88. The molecule has 3 aromatic rings. The number of benzene rings is 3. The Morgan fingerprint density at radius 3 is 2.44 bits per heavy atom. The first-order valence-electron chi connectivity index (χ1n) is 6.15. The minimum absolute atomic E-state index is 0.485. The van der Waals surface area contributed by atoms with E-state index in [0.29, 0.717) is 0 Å². The molecule has 4 rings (SSSR count). The van der Waals surface area contributed by atoms with E-state index >= 15 is 0 Å². The molecule has 0 saturated carbocycles. The lowest BCUT2D eigenvalue weighted by molar-refractivity contribution is 0.225. The molecule has 0 amide bonds. The van der Waals surface area contributed by atoms with Crippen molar-refractivity contribution in [2.45, 2.75) is 6.10 Å². The van der Waals surface area contributed by atoms with Crippen molar-refractivity contribution >= 4 is 10.8 Å². The highest BCUT2D eigenvalue weighted by atomic mass is 16.3. The molecular formula is C17H12O. The van der Waals surface area contributed by atoms with Gasteiger partial charge >= 0.3 is 0 Å². The zero-order valence-corrected chi connectivity index (χ0v) is 9.80. The van der Waals surface area contributed by atoms with E-state index in [2.05, 4.69) is 30.3 Å². The first-order valence-corrected chi connectivity index (χ1v) is 6.15. The average molecular weight is 232 g/mol. The van der Waals surface area contributed by atoms with Crippen LogP contribution < -0.4 is 0 Å². The lowest BCUT2D eigenvalue weighted by atomic mass is 9.98. The maximum atomic E-state index is 10.4.